The highest BCUT2D eigenvalue weighted by Gasteiger charge is 2.01. The van der Waals surface area contributed by atoms with Crippen LogP contribution in [0.2, 0.25) is 0 Å². The van der Waals surface area contributed by atoms with Gasteiger partial charge in [0, 0.05) is 25.2 Å². The number of nitrogens with one attached hydrogen (secondary N) is 1. The van der Waals surface area contributed by atoms with E-state index in [2.05, 4.69) is 26.2 Å². The molecule has 0 spiro atoms. The third kappa shape index (κ3) is 3.21. The Balaban J connectivity index is 2.57. The summed E-state index contributed by atoms with van der Waals surface area (Å²) in [4.78, 5) is 14.4. The van der Waals surface area contributed by atoms with Gasteiger partial charge in [-0.15, -0.1) is 0 Å². The number of carbonyl (C=O) groups excluding carboxylic acids is 1. The van der Waals surface area contributed by atoms with Crippen LogP contribution in [0, 0.1) is 0 Å². The molecule has 0 saturated heterocycles. The lowest BCUT2D eigenvalue weighted by Gasteiger charge is -2.07. The van der Waals surface area contributed by atoms with E-state index in [1.807, 2.05) is 0 Å². The van der Waals surface area contributed by atoms with Crippen LogP contribution in [-0.2, 0) is 4.79 Å². The van der Waals surface area contributed by atoms with Gasteiger partial charge < -0.3 is 16.8 Å². The number of hydrogen-bond acceptors (Lipinski definition) is 4. The van der Waals surface area contributed by atoms with E-state index in [-0.39, 0.29) is 12.3 Å². The Morgan fingerprint density at radius 3 is 3.00 bits per heavy atom. The SMILES string of the molecule is NC(=O)CCNc1cc(N)ncc1Br. The van der Waals surface area contributed by atoms with Gasteiger partial charge in [-0.2, -0.15) is 0 Å². The summed E-state index contributed by atoms with van der Waals surface area (Å²) in [7, 11) is 0. The average molecular weight is 259 g/mol. The zero-order valence-corrected chi connectivity index (χ0v) is 9.04. The van der Waals surface area contributed by atoms with E-state index < -0.39 is 0 Å². The molecule has 5 N–H and O–H groups in total. The monoisotopic (exact) mass is 258 g/mol. The van der Waals surface area contributed by atoms with Gasteiger partial charge in [0.2, 0.25) is 5.91 Å². The Morgan fingerprint density at radius 1 is 1.64 bits per heavy atom. The average Bonchev–Trinajstić information content (AvgIpc) is 2.10. The fraction of sp³-hybridized carbons (Fsp3) is 0.250. The molecule has 1 heterocycles. The molecule has 0 aromatic carbocycles. The number of aromatic nitrogens is 1. The number of nitrogens with zero attached hydrogens (tertiary/aromatic N) is 1. The fourth-order valence-electron chi connectivity index (χ4n) is 0.911. The first kappa shape index (κ1) is 10.8. The summed E-state index contributed by atoms with van der Waals surface area (Å²) < 4.78 is 0.802. The molecule has 1 aromatic heterocycles. The number of rotatable bonds is 4. The number of carbonyl (C=O) groups is 1. The Morgan fingerprint density at radius 2 is 2.36 bits per heavy atom. The summed E-state index contributed by atoms with van der Waals surface area (Å²) in [5, 5.41) is 3.02. The van der Waals surface area contributed by atoms with E-state index in [0.717, 1.165) is 10.2 Å². The number of primary amides is 1. The maximum absolute atomic E-state index is 10.5. The third-order valence-corrected chi connectivity index (χ3v) is 2.20. The number of halogens is 1. The molecule has 1 aromatic rings. The topological polar surface area (TPSA) is 94.0 Å². The summed E-state index contributed by atoms with van der Waals surface area (Å²) in [6, 6.07) is 1.69. The van der Waals surface area contributed by atoms with Crippen LogP contribution in [0.1, 0.15) is 6.42 Å². The highest BCUT2D eigenvalue weighted by atomic mass is 79.9. The van der Waals surface area contributed by atoms with Gasteiger partial charge in [-0.25, -0.2) is 4.98 Å². The second kappa shape index (κ2) is 4.80. The number of amides is 1. The van der Waals surface area contributed by atoms with E-state index in [9.17, 15) is 4.79 Å². The fourth-order valence-corrected chi connectivity index (χ4v) is 1.27. The maximum Gasteiger partial charge on any atom is 0.219 e. The molecule has 5 nitrogen and oxygen atoms in total. The van der Waals surface area contributed by atoms with Gasteiger partial charge in [0.15, 0.2) is 0 Å². The molecule has 14 heavy (non-hydrogen) atoms. The minimum Gasteiger partial charge on any atom is -0.384 e. The van der Waals surface area contributed by atoms with Crippen molar-refractivity contribution in [1.29, 1.82) is 0 Å². The quantitative estimate of drug-likeness (QED) is 0.742. The summed E-state index contributed by atoms with van der Waals surface area (Å²) in [6.45, 7) is 0.484. The van der Waals surface area contributed by atoms with Crippen LogP contribution in [0.5, 0.6) is 0 Å². The number of nitrogen functional groups attached to an aromatic ring is 1. The van der Waals surface area contributed by atoms with Crippen LogP contribution >= 0.6 is 15.9 Å². The lowest BCUT2D eigenvalue weighted by molar-refractivity contribution is -0.117. The molecule has 0 aliphatic heterocycles. The molecule has 1 amide bonds. The Labute approximate surface area is 90.0 Å². The Bertz CT molecular complexity index is 342. The smallest absolute Gasteiger partial charge is 0.219 e. The third-order valence-electron chi connectivity index (χ3n) is 1.56. The number of nitrogens with two attached hydrogens (primary N) is 2. The largest absolute Gasteiger partial charge is 0.384 e. The second-order valence-corrected chi connectivity index (χ2v) is 3.59. The molecule has 0 aliphatic carbocycles. The second-order valence-electron chi connectivity index (χ2n) is 2.73. The number of pyridine rings is 1. The van der Waals surface area contributed by atoms with E-state index in [4.69, 9.17) is 11.5 Å². The normalized spacial score (nSPS) is 9.79. The molecule has 0 bridgehead atoms. The van der Waals surface area contributed by atoms with Crippen molar-refractivity contribution in [2.45, 2.75) is 6.42 Å². The minimum atomic E-state index is -0.337. The van der Waals surface area contributed by atoms with Crippen molar-refractivity contribution < 1.29 is 4.79 Å². The summed E-state index contributed by atoms with van der Waals surface area (Å²) >= 11 is 3.30. The Kier molecular flexibility index (Phi) is 3.70. The lowest BCUT2D eigenvalue weighted by atomic mass is 10.3. The van der Waals surface area contributed by atoms with Gasteiger partial charge in [-0.3, -0.25) is 4.79 Å². The number of hydrogen-bond donors (Lipinski definition) is 3. The van der Waals surface area contributed by atoms with Crippen molar-refractivity contribution >= 4 is 33.3 Å². The Hall–Kier alpha value is -1.30. The molecule has 0 radical (unpaired) electrons. The predicted octanol–water partition coefficient (Wildman–Crippen LogP) is 0.714. The zero-order valence-electron chi connectivity index (χ0n) is 7.46. The van der Waals surface area contributed by atoms with E-state index in [1.54, 1.807) is 12.3 Å². The van der Waals surface area contributed by atoms with Gasteiger partial charge in [-0.05, 0) is 15.9 Å². The van der Waals surface area contributed by atoms with E-state index in [1.165, 1.54) is 0 Å². The van der Waals surface area contributed by atoms with Gasteiger partial charge in [0.05, 0.1) is 10.2 Å². The molecule has 6 heteroatoms. The maximum atomic E-state index is 10.5. The standard InChI is InChI=1S/C8H11BrN4O/c9-5-4-13-7(10)3-6(5)12-2-1-8(11)14/h3-4H,1-2H2,(H2,11,14)(H3,10,12,13). The molecule has 76 valence electrons. The lowest BCUT2D eigenvalue weighted by Crippen LogP contribution is -2.16. The molecule has 0 fully saturated rings. The first-order chi connectivity index (χ1) is 6.59. The summed E-state index contributed by atoms with van der Waals surface area (Å²) in [6.07, 6.45) is 1.89. The zero-order chi connectivity index (χ0) is 10.6. The van der Waals surface area contributed by atoms with Crippen molar-refractivity contribution in [2.24, 2.45) is 5.73 Å². The molecule has 0 saturated carbocycles. The van der Waals surface area contributed by atoms with Crippen LogP contribution in [0.15, 0.2) is 16.7 Å². The molecule has 0 aliphatic rings. The van der Waals surface area contributed by atoms with Crippen molar-refractivity contribution in [3.8, 4) is 0 Å². The molecular formula is C8H11BrN4O. The van der Waals surface area contributed by atoms with Crippen LogP contribution in [-0.4, -0.2) is 17.4 Å². The number of anilines is 2. The molecule has 1 rings (SSSR count). The van der Waals surface area contributed by atoms with Crippen molar-refractivity contribution in [1.82, 2.24) is 4.98 Å². The van der Waals surface area contributed by atoms with Crippen LogP contribution in [0.25, 0.3) is 0 Å². The molecule has 0 atom stereocenters. The van der Waals surface area contributed by atoms with Crippen LogP contribution < -0.4 is 16.8 Å². The first-order valence-corrected chi connectivity index (χ1v) is 4.82. The van der Waals surface area contributed by atoms with E-state index >= 15 is 0 Å². The van der Waals surface area contributed by atoms with Crippen molar-refractivity contribution in [3.05, 3.63) is 16.7 Å². The highest BCUT2D eigenvalue weighted by Crippen LogP contribution is 2.22. The minimum absolute atomic E-state index is 0.286. The molecular weight excluding hydrogens is 248 g/mol. The van der Waals surface area contributed by atoms with Crippen LogP contribution in [0.3, 0.4) is 0 Å². The van der Waals surface area contributed by atoms with Crippen molar-refractivity contribution in [3.63, 3.8) is 0 Å². The highest BCUT2D eigenvalue weighted by molar-refractivity contribution is 9.10. The van der Waals surface area contributed by atoms with Gasteiger partial charge in [0.1, 0.15) is 5.82 Å². The van der Waals surface area contributed by atoms with Crippen molar-refractivity contribution in [2.75, 3.05) is 17.6 Å². The summed E-state index contributed by atoms with van der Waals surface area (Å²) in [5.74, 6) is 0.0884. The molecule has 0 unspecified atom stereocenters. The van der Waals surface area contributed by atoms with E-state index in [0.29, 0.717) is 12.4 Å². The van der Waals surface area contributed by atoms with Gasteiger partial charge in [-0.1, -0.05) is 0 Å². The predicted molar refractivity (Wildman–Crippen MR) is 58.7 cm³/mol. The van der Waals surface area contributed by atoms with Gasteiger partial charge >= 0.3 is 0 Å². The first-order valence-electron chi connectivity index (χ1n) is 4.03. The van der Waals surface area contributed by atoms with Crippen LogP contribution in [0.4, 0.5) is 11.5 Å². The summed E-state index contributed by atoms with van der Waals surface area (Å²) in [5.41, 5.74) is 11.3. The van der Waals surface area contributed by atoms with Gasteiger partial charge in [0.25, 0.3) is 0 Å².